The van der Waals surface area contributed by atoms with Crippen LogP contribution in [0.4, 0.5) is 5.69 Å². The molecule has 0 aliphatic carbocycles. The van der Waals surface area contributed by atoms with Gasteiger partial charge < -0.3 is 15.2 Å². The number of rotatable bonds is 6. The third kappa shape index (κ3) is 5.42. The number of hydrazone groups is 1. The third-order valence-corrected chi connectivity index (χ3v) is 3.70. The van der Waals surface area contributed by atoms with Gasteiger partial charge in [-0.1, -0.05) is 23.7 Å². The van der Waals surface area contributed by atoms with Gasteiger partial charge in [0.1, 0.15) is 0 Å². The summed E-state index contributed by atoms with van der Waals surface area (Å²) in [6, 6.07) is 9.01. The summed E-state index contributed by atoms with van der Waals surface area (Å²) in [7, 11) is 1.23. The Bertz CT molecular complexity index is 930. The predicted molar refractivity (Wildman–Crippen MR) is 100 cm³/mol. The Morgan fingerprint density at radius 3 is 2.57 bits per heavy atom. The van der Waals surface area contributed by atoms with E-state index in [1.807, 2.05) is 5.43 Å². The van der Waals surface area contributed by atoms with E-state index in [1.165, 1.54) is 13.2 Å². The largest absolute Gasteiger partial charge is 0.500 e. The topological polar surface area (TPSA) is 143 Å². The third-order valence-electron chi connectivity index (χ3n) is 3.45. The SMILES string of the molecule is COc1cc(/C=N/NC(=O)C(=O)NCc2ccc(Cl)cc2)cc([N+](=O)[O-])c1O. The summed E-state index contributed by atoms with van der Waals surface area (Å²) in [6.07, 6.45) is 1.07. The number of phenols is 1. The second-order valence-electron chi connectivity index (χ2n) is 5.36. The molecule has 0 spiro atoms. The lowest BCUT2D eigenvalue weighted by Gasteiger charge is -2.05. The fraction of sp³-hybridized carbons (Fsp3) is 0.118. The fourth-order valence-electron chi connectivity index (χ4n) is 2.06. The average molecular weight is 407 g/mol. The van der Waals surface area contributed by atoms with Crippen molar-refractivity contribution in [3.63, 3.8) is 0 Å². The van der Waals surface area contributed by atoms with Gasteiger partial charge in [-0.25, -0.2) is 5.43 Å². The van der Waals surface area contributed by atoms with Gasteiger partial charge in [-0.3, -0.25) is 19.7 Å². The number of nitro groups is 1. The quantitative estimate of drug-likeness (QED) is 0.288. The van der Waals surface area contributed by atoms with Crippen LogP contribution in [0.2, 0.25) is 5.02 Å². The van der Waals surface area contributed by atoms with Gasteiger partial charge in [0.15, 0.2) is 5.75 Å². The van der Waals surface area contributed by atoms with Crippen LogP contribution in [-0.4, -0.2) is 35.2 Å². The first kappa shape index (κ1) is 20.6. The molecule has 0 aliphatic rings. The van der Waals surface area contributed by atoms with Crippen LogP contribution in [0.25, 0.3) is 0 Å². The first-order valence-corrected chi connectivity index (χ1v) is 8.10. The minimum absolute atomic E-state index is 0.120. The average Bonchev–Trinajstić information content (AvgIpc) is 2.67. The first-order chi connectivity index (χ1) is 13.3. The van der Waals surface area contributed by atoms with Crippen molar-refractivity contribution >= 4 is 35.3 Å². The van der Waals surface area contributed by atoms with Crippen molar-refractivity contribution < 1.29 is 24.4 Å². The Morgan fingerprint density at radius 1 is 1.29 bits per heavy atom. The number of nitrogens with one attached hydrogen (secondary N) is 2. The number of benzene rings is 2. The molecule has 0 fully saturated rings. The van der Waals surface area contributed by atoms with E-state index in [9.17, 15) is 24.8 Å². The summed E-state index contributed by atoms with van der Waals surface area (Å²) in [6.45, 7) is 0.120. The lowest BCUT2D eigenvalue weighted by atomic mass is 10.2. The van der Waals surface area contributed by atoms with Crippen molar-refractivity contribution in [2.24, 2.45) is 5.10 Å². The summed E-state index contributed by atoms with van der Waals surface area (Å²) in [4.78, 5) is 33.6. The van der Waals surface area contributed by atoms with Crippen LogP contribution >= 0.6 is 11.6 Å². The molecule has 0 atom stereocenters. The number of nitrogens with zero attached hydrogens (tertiary/aromatic N) is 2. The highest BCUT2D eigenvalue weighted by molar-refractivity contribution is 6.35. The van der Waals surface area contributed by atoms with Crippen molar-refractivity contribution in [3.8, 4) is 11.5 Å². The van der Waals surface area contributed by atoms with Crippen molar-refractivity contribution in [3.05, 3.63) is 62.7 Å². The number of carbonyl (C=O) groups excluding carboxylic acids is 2. The van der Waals surface area contributed by atoms with Crippen LogP contribution in [0.1, 0.15) is 11.1 Å². The minimum Gasteiger partial charge on any atom is -0.500 e. The van der Waals surface area contributed by atoms with E-state index < -0.39 is 28.2 Å². The molecule has 0 aliphatic heterocycles. The van der Waals surface area contributed by atoms with Crippen LogP contribution < -0.4 is 15.5 Å². The number of methoxy groups -OCH3 is 1. The van der Waals surface area contributed by atoms with Gasteiger partial charge in [0.25, 0.3) is 0 Å². The molecule has 0 unspecified atom stereocenters. The number of phenolic OH excluding ortho intramolecular Hbond substituents is 1. The smallest absolute Gasteiger partial charge is 0.329 e. The number of halogens is 1. The van der Waals surface area contributed by atoms with Crippen LogP contribution in [0.3, 0.4) is 0 Å². The van der Waals surface area contributed by atoms with Gasteiger partial charge in [-0.15, -0.1) is 0 Å². The van der Waals surface area contributed by atoms with E-state index in [0.717, 1.165) is 17.8 Å². The monoisotopic (exact) mass is 406 g/mol. The summed E-state index contributed by atoms with van der Waals surface area (Å²) in [5.41, 5.74) is 2.33. The molecular weight excluding hydrogens is 392 g/mol. The second-order valence-corrected chi connectivity index (χ2v) is 5.79. The molecule has 2 amide bonds. The lowest BCUT2D eigenvalue weighted by molar-refractivity contribution is -0.386. The van der Waals surface area contributed by atoms with Crippen molar-refractivity contribution in [1.82, 2.24) is 10.7 Å². The number of hydrogen-bond acceptors (Lipinski definition) is 7. The van der Waals surface area contributed by atoms with Gasteiger partial charge in [0, 0.05) is 23.2 Å². The van der Waals surface area contributed by atoms with E-state index >= 15 is 0 Å². The number of amides is 2. The second kappa shape index (κ2) is 9.33. The van der Waals surface area contributed by atoms with Gasteiger partial charge in [-0.05, 0) is 23.8 Å². The Kier molecular flexibility index (Phi) is 6.88. The molecule has 28 heavy (non-hydrogen) atoms. The number of carbonyl (C=O) groups is 2. The van der Waals surface area contributed by atoms with E-state index in [2.05, 4.69) is 10.4 Å². The highest BCUT2D eigenvalue weighted by Crippen LogP contribution is 2.36. The predicted octanol–water partition coefficient (Wildman–Crippen LogP) is 1.73. The van der Waals surface area contributed by atoms with E-state index in [-0.39, 0.29) is 17.9 Å². The summed E-state index contributed by atoms with van der Waals surface area (Å²) >= 11 is 5.76. The molecule has 0 saturated heterocycles. The Labute approximate surface area is 163 Å². The highest BCUT2D eigenvalue weighted by atomic mass is 35.5. The van der Waals surface area contributed by atoms with Gasteiger partial charge in [0.05, 0.1) is 18.2 Å². The van der Waals surface area contributed by atoms with Crippen molar-refractivity contribution in [1.29, 1.82) is 0 Å². The molecular formula is C17H15ClN4O6. The molecule has 2 aromatic rings. The van der Waals surface area contributed by atoms with Crippen LogP contribution in [0, 0.1) is 10.1 Å². The standard InChI is InChI=1S/C17H15ClN4O6/c1-28-14-7-11(6-13(15(14)23)22(26)27)9-20-21-17(25)16(24)19-8-10-2-4-12(18)5-3-10/h2-7,9,23H,8H2,1H3,(H,19,24)(H,21,25)/b20-9+. The number of hydrogen-bond donors (Lipinski definition) is 3. The normalized spacial score (nSPS) is 10.5. The van der Waals surface area contributed by atoms with E-state index in [1.54, 1.807) is 24.3 Å². The Morgan fingerprint density at radius 2 is 1.96 bits per heavy atom. The molecule has 0 radical (unpaired) electrons. The molecule has 0 bridgehead atoms. The van der Waals surface area contributed by atoms with Crippen molar-refractivity contribution in [2.45, 2.75) is 6.54 Å². The molecule has 10 nitrogen and oxygen atoms in total. The Balaban J connectivity index is 1.96. The zero-order valence-electron chi connectivity index (χ0n) is 14.5. The molecule has 2 aromatic carbocycles. The Hall–Kier alpha value is -3.66. The molecule has 11 heteroatoms. The highest BCUT2D eigenvalue weighted by Gasteiger charge is 2.19. The maximum atomic E-state index is 11.7. The molecule has 0 heterocycles. The zero-order valence-corrected chi connectivity index (χ0v) is 15.3. The van der Waals surface area contributed by atoms with Crippen LogP contribution in [-0.2, 0) is 16.1 Å². The molecule has 146 valence electrons. The number of ether oxygens (including phenoxy) is 1. The number of nitro benzene ring substituents is 1. The van der Waals surface area contributed by atoms with Crippen molar-refractivity contribution in [2.75, 3.05) is 7.11 Å². The van der Waals surface area contributed by atoms with Crippen LogP contribution in [0.15, 0.2) is 41.5 Å². The summed E-state index contributed by atoms with van der Waals surface area (Å²) in [5.74, 6) is -2.70. The first-order valence-electron chi connectivity index (χ1n) is 7.73. The molecule has 0 aromatic heterocycles. The summed E-state index contributed by atoms with van der Waals surface area (Å²) in [5, 5.41) is 27.2. The minimum atomic E-state index is -1.02. The van der Waals surface area contributed by atoms with E-state index in [4.69, 9.17) is 16.3 Å². The number of aromatic hydroxyl groups is 1. The summed E-state index contributed by atoms with van der Waals surface area (Å²) < 4.78 is 4.85. The van der Waals surface area contributed by atoms with E-state index in [0.29, 0.717) is 5.02 Å². The molecule has 2 rings (SSSR count). The van der Waals surface area contributed by atoms with Gasteiger partial charge in [0.2, 0.25) is 5.75 Å². The maximum Gasteiger partial charge on any atom is 0.329 e. The molecule has 0 saturated carbocycles. The fourth-order valence-corrected chi connectivity index (χ4v) is 2.19. The lowest BCUT2D eigenvalue weighted by Crippen LogP contribution is -2.37. The van der Waals surface area contributed by atoms with Gasteiger partial charge in [-0.2, -0.15) is 5.10 Å². The maximum absolute atomic E-state index is 11.7. The zero-order chi connectivity index (χ0) is 20.7. The van der Waals surface area contributed by atoms with Crippen LogP contribution in [0.5, 0.6) is 11.5 Å². The van der Waals surface area contributed by atoms with Gasteiger partial charge >= 0.3 is 17.5 Å². The molecule has 3 N–H and O–H groups in total.